The third kappa shape index (κ3) is 10.1. The van der Waals surface area contributed by atoms with Crippen LogP contribution < -0.4 is 10.1 Å². The van der Waals surface area contributed by atoms with Gasteiger partial charge in [0.2, 0.25) is 0 Å². The maximum Gasteiger partial charge on any atom is 0.409 e. The van der Waals surface area contributed by atoms with Crippen molar-refractivity contribution in [2.24, 2.45) is 11.8 Å². The number of carbonyl (C=O) groups is 1. The Bertz CT molecular complexity index is 1270. The van der Waals surface area contributed by atoms with E-state index in [1.54, 1.807) is 7.11 Å². The summed E-state index contributed by atoms with van der Waals surface area (Å²) >= 11 is 0. The molecule has 4 rings (SSSR count). The number of methoxy groups -OCH3 is 1. The zero-order valence-corrected chi connectivity index (χ0v) is 26.8. The van der Waals surface area contributed by atoms with Gasteiger partial charge in [0.05, 0.1) is 24.9 Å². The Morgan fingerprint density at radius 2 is 1.74 bits per heavy atom. The lowest BCUT2D eigenvalue weighted by atomic mass is 9.96. The van der Waals surface area contributed by atoms with Crippen molar-refractivity contribution in [3.63, 3.8) is 0 Å². The molecule has 1 fully saturated rings. The molecule has 1 N–H and O–H groups in total. The zero-order valence-electron chi connectivity index (χ0n) is 26.8. The van der Waals surface area contributed by atoms with Gasteiger partial charge in [0.15, 0.2) is 0 Å². The number of nitrogens with one attached hydrogen (secondary N) is 1. The molecular weight excluding hydrogens is 538 g/mol. The number of para-hydroxylation sites is 1. The third-order valence-corrected chi connectivity index (χ3v) is 8.08. The number of fused-ring (bicyclic) bond motifs is 1. The van der Waals surface area contributed by atoms with Crippen molar-refractivity contribution >= 4 is 22.7 Å². The third-order valence-electron chi connectivity index (χ3n) is 8.08. The van der Waals surface area contributed by atoms with Gasteiger partial charge in [0.25, 0.3) is 0 Å². The molecule has 1 saturated heterocycles. The van der Waals surface area contributed by atoms with Gasteiger partial charge in [0, 0.05) is 42.8 Å². The molecule has 8 nitrogen and oxygen atoms in total. The molecule has 43 heavy (non-hydrogen) atoms. The molecule has 0 atom stereocenters. The molecule has 0 unspecified atom stereocenters. The Morgan fingerprint density at radius 1 is 1.02 bits per heavy atom. The Labute approximate surface area is 258 Å². The molecule has 0 spiro atoms. The molecular formula is C35H51N5O3. The van der Waals surface area contributed by atoms with Crippen LogP contribution in [0, 0.1) is 11.8 Å². The van der Waals surface area contributed by atoms with Crippen LogP contribution in [-0.2, 0) is 4.74 Å². The van der Waals surface area contributed by atoms with Crippen LogP contribution in [0.25, 0.3) is 22.2 Å². The molecule has 234 valence electrons. The second-order valence-corrected chi connectivity index (χ2v) is 12.4. The highest BCUT2D eigenvalue weighted by Gasteiger charge is 2.25. The number of carbonyl (C=O) groups excluding carboxylic acids is 1. The van der Waals surface area contributed by atoms with Crippen molar-refractivity contribution in [1.29, 1.82) is 0 Å². The first-order chi connectivity index (χ1) is 20.8. The van der Waals surface area contributed by atoms with Crippen molar-refractivity contribution in [3.05, 3.63) is 54.6 Å². The van der Waals surface area contributed by atoms with Gasteiger partial charge in [-0.25, -0.2) is 9.78 Å². The predicted molar refractivity (Wildman–Crippen MR) is 177 cm³/mol. The number of nitrogens with zero attached hydrogens (tertiary/aromatic N) is 4. The highest BCUT2D eigenvalue weighted by atomic mass is 16.6. The zero-order chi connectivity index (χ0) is 30.6. The minimum atomic E-state index is -0.153. The van der Waals surface area contributed by atoms with Crippen LogP contribution >= 0.6 is 0 Å². The molecule has 0 bridgehead atoms. The van der Waals surface area contributed by atoms with E-state index in [0.717, 1.165) is 105 Å². The summed E-state index contributed by atoms with van der Waals surface area (Å²) in [5, 5.41) is 4.87. The van der Waals surface area contributed by atoms with Crippen LogP contribution in [0.4, 0.5) is 10.5 Å². The molecule has 2 heterocycles. The summed E-state index contributed by atoms with van der Waals surface area (Å²) in [7, 11) is 5.97. The second kappa shape index (κ2) is 16.5. The van der Waals surface area contributed by atoms with E-state index in [-0.39, 0.29) is 6.09 Å². The SMILES string of the molecule is COc1ccc(-c2cc(NCCCN(CCCN(C)C)CC3CCN(C(=O)OCC(C)C)CC3)c3ccccc3n2)cc1. The first-order valence-corrected chi connectivity index (χ1v) is 15.9. The van der Waals surface area contributed by atoms with E-state index in [9.17, 15) is 4.79 Å². The molecule has 0 saturated carbocycles. The lowest BCUT2D eigenvalue weighted by Gasteiger charge is -2.34. The fraction of sp³-hybridized carbons (Fsp3) is 0.543. The first-order valence-electron chi connectivity index (χ1n) is 15.9. The second-order valence-electron chi connectivity index (χ2n) is 12.4. The van der Waals surface area contributed by atoms with Gasteiger partial charge in [-0.05, 0) is 108 Å². The van der Waals surface area contributed by atoms with Gasteiger partial charge < -0.3 is 29.5 Å². The average Bonchev–Trinajstić information content (AvgIpc) is 3.01. The summed E-state index contributed by atoms with van der Waals surface area (Å²) < 4.78 is 10.8. The largest absolute Gasteiger partial charge is 0.497 e. The smallest absolute Gasteiger partial charge is 0.409 e. The number of anilines is 1. The number of rotatable bonds is 15. The average molecular weight is 590 g/mol. The number of aromatic nitrogens is 1. The standard InChI is InChI=1S/C35H51N5O3/c1-27(2)26-43-35(41)40-22-16-28(17-23-40)25-39(21-9-19-38(3)4)20-8-18-36-34-24-33(29-12-14-30(42-5)15-13-29)37-32-11-7-6-10-31(32)34/h6-7,10-15,24,27-28H,8-9,16-23,25-26H2,1-5H3,(H,36,37). The Hall–Kier alpha value is -3.36. The number of piperidine rings is 1. The van der Waals surface area contributed by atoms with Gasteiger partial charge in [-0.3, -0.25) is 0 Å². The summed E-state index contributed by atoms with van der Waals surface area (Å²) in [6.07, 6.45) is 4.13. The first kappa shape index (κ1) is 32.6. The molecule has 0 aliphatic carbocycles. The number of hydrogen-bond acceptors (Lipinski definition) is 7. The van der Waals surface area contributed by atoms with Crippen LogP contribution in [0.2, 0.25) is 0 Å². The summed E-state index contributed by atoms with van der Waals surface area (Å²) in [6, 6.07) is 18.6. The molecule has 1 amide bonds. The van der Waals surface area contributed by atoms with Crippen LogP contribution in [0.5, 0.6) is 5.75 Å². The minimum absolute atomic E-state index is 0.153. The lowest BCUT2D eigenvalue weighted by Crippen LogP contribution is -2.42. The fourth-order valence-electron chi connectivity index (χ4n) is 5.65. The monoisotopic (exact) mass is 589 g/mol. The lowest BCUT2D eigenvalue weighted by molar-refractivity contribution is 0.0741. The molecule has 8 heteroatoms. The quantitative estimate of drug-likeness (QED) is 0.204. The van der Waals surface area contributed by atoms with E-state index in [1.165, 1.54) is 0 Å². The number of amides is 1. The number of ether oxygens (including phenoxy) is 2. The maximum atomic E-state index is 12.4. The normalized spacial score (nSPS) is 14.2. The predicted octanol–water partition coefficient (Wildman–Crippen LogP) is 6.47. The van der Waals surface area contributed by atoms with Crippen molar-refractivity contribution in [2.75, 3.05) is 78.9 Å². The van der Waals surface area contributed by atoms with Crippen molar-refractivity contribution < 1.29 is 14.3 Å². The summed E-state index contributed by atoms with van der Waals surface area (Å²) in [5.74, 6) is 1.81. The Kier molecular flexibility index (Phi) is 12.5. The van der Waals surface area contributed by atoms with E-state index in [0.29, 0.717) is 18.4 Å². The van der Waals surface area contributed by atoms with Crippen molar-refractivity contribution in [2.45, 2.75) is 39.5 Å². The number of pyridine rings is 1. The minimum Gasteiger partial charge on any atom is -0.497 e. The summed E-state index contributed by atoms with van der Waals surface area (Å²) in [6.45, 7) is 11.4. The van der Waals surface area contributed by atoms with E-state index in [1.807, 2.05) is 23.1 Å². The van der Waals surface area contributed by atoms with E-state index >= 15 is 0 Å². The van der Waals surface area contributed by atoms with Crippen molar-refractivity contribution in [1.82, 2.24) is 19.7 Å². The van der Waals surface area contributed by atoms with Crippen LogP contribution in [0.15, 0.2) is 54.6 Å². The number of benzene rings is 2. The van der Waals surface area contributed by atoms with Crippen LogP contribution in [0.3, 0.4) is 0 Å². The molecule has 1 aliphatic rings. The van der Waals surface area contributed by atoms with Gasteiger partial charge in [-0.2, -0.15) is 0 Å². The highest BCUT2D eigenvalue weighted by molar-refractivity contribution is 5.93. The van der Waals surface area contributed by atoms with Crippen LogP contribution in [-0.4, -0.2) is 99.4 Å². The number of hydrogen-bond donors (Lipinski definition) is 1. The molecule has 2 aromatic carbocycles. The van der Waals surface area contributed by atoms with Gasteiger partial charge in [0.1, 0.15) is 5.75 Å². The van der Waals surface area contributed by atoms with Gasteiger partial charge in [-0.1, -0.05) is 32.0 Å². The molecule has 1 aromatic heterocycles. The molecule has 3 aromatic rings. The maximum absolute atomic E-state index is 12.4. The summed E-state index contributed by atoms with van der Waals surface area (Å²) in [4.78, 5) is 24.1. The molecule has 1 aliphatic heterocycles. The topological polar surface area (TPSA) is 70.2 Å². The van der Waals surface area contributed by atoms with Gasteiger partial charge in [-0.15, -0.1) is 0 Å². The Balaban J connectivity index is 1.33. The van der Waals surface area contributed by atoms with Crippen LogP contribution in [0.1, 0.15) is 39.5 Å². The van der Waals surface area contributed by atoms with E-state index < -0.39 is 0 Å². The van der Waals surface area contributed by atoms with Gasteiger partial charge >= 0.3 is 6.09 Å². The Morgan fingerprint density at radius 3 is 2.44 bits per heavy atom. The van der Waals surface area contributed by atoms with Crippen molar-refractivity contribution in [3.8, 4) is 17.0 Å². The van der Waals surface area contributed by atoms with E-state index in [2.05, 4.69) is 79.5 Å². The fourth-order valence-corrected chi connectivity index (χ4v) is 5.65. The summed E-state index contributed by atoms with van der Waals surface area (Å²) in [5.41, 5.74) is 4.13. The molecule has 0 radical (unpaired) electrons. The van der Waals surface area contributed by atoms with E-state index in [4.69, 9.17) is 14.5 Å². The number of likely N-dealkylation sites (tertiary alicyclic amines) is 1. The highest BCUT2D eigenvalue weighted by Crippen LogP contribution is 2.29.